The Bertz CT molecular complexity index is 219. The van der Waals surface area contributed by atoms with E-state index in [4.69, 9.17) is 0 Å². The van der Waals surface area contributed by atoms with E-state index in [1.54, 1.807) is 0 Å². The largest absolute Gasteiger partial charge is 0.312 e. The zero-order valence-electron chi connectivity index (χ0n) is 11.3. The average Bonchev–Trinajstić information content (AvgIpc) is 2.74. The fourth-order valence-corrected chi connectivity index (χ4v) is 3.84. The van der Waals surface area contributed by atoms with E-state index in [2.05, 4.69) is 41.0 Å². The van der Waals surface area contributed by atoms with Crippen LogP contribution in [-0.2, 0) is 0 Å². The summed E-state index contributed by atoms with van der Waals surface area (Å²) < 4.78 is 0. The molecule has 2 aliphatic heterocycles. The molecule has 2 atom stereocenters. The van der Waals surface area contributed by atoms with Crippen LogP contribution in [0.15, 0.2) is 0 Å². The van der Waals surface area contributed by atoms with Gasteiger partial charge in [0.2, 0.25) is 0 Å². The van der Waals surface area contributed by atoms with E-state index in [-0.39, 0.29) is 0 Å². The van der Waals surface area contributed by atoms with Gasteiger partial charge in [-0.25, -0.2) is 0 Å². The van der Waals surface area contributed by atoms with E-state index in [0.29, 0.717) is 0 Å². The van der Waals surface area contributed by atoms with Crippen LogP contribution in [0, 0.1) is 0 Å². The van der Waals surface area contributed by atoms with Crippen LogP contribution < -0.4 is 5.32 Å². The van der Waals surface area contributed by atoms with Crippen LogP contribution in [-0.4, -0.2) is 73.7 Å². The molecule has 2 heterocycles. The summed E-state index contributed by atoms with van der Waals surface area (Å²) in [5, 5.41) is 3.62. The molecule has 1 N–H and O–H groups in total. The minimum atomic E-state index is 0.748. The van der Waals surface area contributed by atoms with Crippen molar-refractivity contribution in [2.45, 2.75) is 31.3 Å². The highest BCUT2D eigenvalue weighted by Crippen LogP contribution is 2.16. The SMILES string of the molecule is CN(CCC1CSCCN1)CC1CCCN1C. The maximum absolute atomic E-state index is 3.62. The Kier molecular flexibility index (Phi) is 5.60. The summed E-state index contributed by atoms with van der Waals surface area (Å²) in [5.41, 5.74) is 0. The van der Waals surface area contributed by atoms with Crippen LogP contribution in [0.4, 0.5) is 0 Å². The third-order valence-electron chi connectivity index (χ3n) is 4.05. The van der Waals surface area contributed by atoms with E-state index < -0.39 is 0 Å². The van der Waals surface area contributed by atoms with Crippen LogP contribution in [0.2, 0.25) is 0 Å². The van der Waals surface area contributed by atoms with Gasteiger partial charge in [-0.2, -0.15) is 11.8 Å². The van der Waals surface area contributed by atoms with Crippen molar-refractivity contribution in [1.29, 1.82) is 0 Å². The number of likely N-dealkylation sites (tertiary alicyclic amines) is 1. The number of thioether (sulfide) groups is 1. The van der Waals surface area contributed by atoms with Crippen LogP contribution in [0.3, 0.4) is 0 Å². The van der Waals surface area contributed by atoms with Gasteiger partial charge in [0.15, 0.2) is 0 Å². The van der Waals surface area contributed by atoms with Crippen molar-refractivity contribution in [2.75, 3.05) is 51.8 Å². The Hall–Kier alpha value is 0.230. The Labute approximate surface area is 110 Å². The molecule has 0 bridgehead atoms. The normalized spacial score (nSPS) is 31.2. The lowest BCUT2D eigenvalue weighted by Gasteiger charge is -2.28. The molecule has 0 saturated carbocycles. The number of rotatable bonds is 5. The lowest BCUT2D eigenvalue weighted by Crippen LogP contribution is -2.42. The van der Waals surface area contributed by atoms with Gasteiger partial charge in [0, 0.05) is 36.7 Å². The van der Waals surface area contributed by atoms with Crippen molar-refractivity contribution in [1.82, 2.24) is 15.1 Å². The maximum Gasteiger partial charge on any atom is 0.0220 e. The molecule has 0 aliphatic carbocycles. The Balaban J connectivity index is 1.61. The molecule has 0 aromatic rings. The van der Waals surface area contributed by atoms with Crippen LogP contribution in [0.1, 0.15) is 19.3 Å². The second kappa shape index (κ2) is 6.98. The van der Waals surface area contributed by atoms with Crippen LogP contribution >= 0.6 is 11.8 Å². The first-order valence-electron chi connectivity index (χ1n) is 6.95. The predicted octanol–water partition coefficient (Wildman–Crippen LogP) is 1.11. The maximum atomic E-state index is 3.62. The molecule has 0 aromatic heterocycles. The summed E-state index contributed by atoms with van der Waals surface area (Å²) >= 11 is 2.10. The molecule has 2 unspecified atom stereocenters. The van der Waals surface area contributed by atoms with E-state index >= 15 is 0 Å². The predicted molar refractivity (Wildman–Crippen MR) is 76.9 cm³/mol. The highest BCUT2D eigenvalue weighted by molar-refractivity contribution is 7.99. The summed E-state index contributed by atoms with van der Waals surface area (Å²) in [5.74, 6) is 2.59. The topological polar surface area (TPSA) is 18.5 Å². The van der Waals surface area contributed by atoms with Crippen molar-refractivity contribution in [2.24, 2.45) is 0 Å². The van der Waals surface area contributed by atoms with E-state index in [1.807, 2.05) is 0 Å². The molecule has 17 heavy (non-hydrogen) atoms. The Morgan fingerprint density at radius 3 is 3.00 bits per heavy atom. The highest BCUT2D eigenvalue weighted by atomic mass is 32.2. The molecule has 0 radical (unpaired) electrons. The van der Waals surface area contributed by atoms with Gasteiger partial charge in [0.25, 0.3) is 0 Å². The van der Waals surface area contributed by atoms with Gasteiger partial charge in [-0.1, -0.05) is 0 Å². The molecular weight excluding hydrogens is 230 g/mol. The molecule has 0 aromatic carbocycles. The molecule has 100 valence electrons. The second-order valence-corrected chi connectivity index (χ2v) is 6.70. The van der Waals surface area contributed by atoms with Gasteiger partial charge in [-0.05, 0) is 46.4 Å². The van der Waals surface area contributed by atoms with Crippen molar-refractivity contribution in [3.8, 4) is 0 Å². The second-order valence-electron chi connectivity index (χ2n) is 5.55. The molecule has 2 fully saturated rings. The van der Waals surface area contributed by atoms with Gasteiger partial charge in [0.05, 0.1) is 0 Å². The standard InChI is InChI=1S/C13H27N3S/c1-15(10-13-4-3-7-16(13)2)8-5-12-11-17-9-6-14-12/h12-14H,3-11H2,1-2H3. The van der Waals surface area contributed by atoms with E-state index in [9.17, 15) is 0 Å². The molecular formula is C13H27N3S. The summed E-state index contributed by atoms with van der Waals surface area (Å²) in [6.07, 6.45) is 4.08. The van der Waals surface area contributed by atoms with Gasteiger partial charge in [-0.3, -0.25) is 0 Å². The van der Waals surface area contributed by atoms with Crippen LogP contribution in [0.5, 0.6) is 0 Å². The molecule has 0 amide bonds. The molecule has 3 nitrogen and oxygen atoms in total. The van der Waals surface area contributed by atoms with Gasteiger partial charge >= 0.3 is 0 Å². The lowest BCUT2D eigenvalue weighted by molar-refractivity contribution is 0.214. The van der Waals surface area contributed by atoms with Crippen molar-refractivity contribution >= 4 is 11.8 Å². The minimum absolute atomic E-state index is 0.748. The van der Waals surface area contributed by atoms with Gasteiger partial charge in [0.1, 0.15) is 0 Å². The first kappa shape index (κ1) is 13.7. The third kappa shape index (κ3) is 4.43. The summed E-state index contributed by atoms with van der Waals surface area (Å²) in [6, 6.07) is 1.55. The number of nitrogens with one attached hydrogen (secondary N) is 1. The Morgan fingerprint density at radius 1 is 1.47 bits per heavy atom. The van der Waals surface area contributed by atoms with Crippen LogP contribution in [0.25, 0.3) is 0 Å². The fourth-order valence-electron chi connectivity index (χ4n) is 2.84. The number of nitrogens with zero attached hydrogens (tertiary/aromatic N) is 2. The first-order valence-corrected chi connectivity index (χ1v) is 8.11. The van der Waals surface area contributed by atoms with Gasteiger partial charge in [-0.15, -0.1) is 0 Å². The quantitative estimate of drug-likeness (QED) is 0.795. The average molecular weight is 257 g/mol. The summed E-state index contributed by atoms with van der Waals surface area (Å²) in [4.78, 5) is 5.04. The summed E-state index contributed by atoms with van der Waals surface area (Å²) in [7, 11) is 4.55. The lowest BCUT2D eigenvalue weighted by atomic mass is 10.2. The number of hydrogen-bond donors (Lipinski definition) is 1. The highest BCUT2D eigenvalue weighted by Gasteiger charge is 2.22. The van der Waals surface area contributed by atoms with Crippen molar-refractivity contribution < 1.29 is 0 Å². The minimum Gasteiger partial charge on any atom is -0.312 e. The molecule has 2 rings (SSSR count). The molecule has 2 saturated heterocycles. The monoisotopic (exact) mass is 257 g/mol. The molecule has 0 spiro atoms. The van der Waals surface area contributed by atoms with Crippen molar-refractivity contribution in [3.63, 3.8) is 0 Å². The van der Waals surface area contributed by atoms with Gasteiger partial charge < -0.3 is 15.1 Å². The summed E-state index contributed by atoms with van der Waals surface area (Å²) in [6.45, 7) is 4.97. The number of hydrogen-bond acceptors (Lipinski definition) is 4. The third-order valence-corrected chi connectivity index (χ3v) is 5.18. The first-order chi connectivity index (χ1) is 8.25. The zero-order valence-corrected chi connectivity index (χ0v) is 12.1. The van der Waals surface area contributed by atoms with Crippen molar-refractivity contribution in [3.05, 3.63) is 0 Å². The van der Waals surface area contributed by atoms with E-state index in [1.165, 1.54) is 56.9 Å². The molecule has 2 aliphatic rings. The number of likely N-dealkylation sites (N-methyl/N-ethyl adjacent to an activating group) is 2. The van der Waals surface area contributed by atoms with E-state index in [0.717, 1.165) is 12.1 Å². The smallest absolute Gasteiger partial charge is 0.0220 e. The fraction of sp³-hybridized carbons (Fsp3) is 1.00. The molecule has 4 heteroatoms. The zero-order chi connectivity index (χ0) is 12.1. The Morgan fingerprint density at radius 2 is 2.35 bits per heavy atom.